The number of nitrogens with zero attached hydrogens (tertiary/aromatic N) is 4. The molecule has 2 amide bonds. The van der Waals surface area contributed by atoms with Gasteiger partial charge in [0.25, 0.3) is 0 Å². The topological polar surface area (TPSA) is 93.4 Å². The molecule has 0 aromatic carbocycles. The fourth-order valence-electron chi connectivity index (χ4n) is 3.34. The maximum atomic E-state index is 13.9. The fourth-order valence-corrected chi connectivity index (χ4v) is 3.34. The van der Waals surface area contributed by atoms with Gasteiger partial charge in [-0.1, -0.05) is 0 Å². The van der Waals surface area contributed by atoms with E-state index < -0.39 is 53.4 Å². The smallest absolute Gasteiger partial charge is 0.415 e. The minimum atomic E-state index is -4.80. The van der Waals surface area contributed by atoms with E-state index in [1.54, 1.807) is 0 Å². The number of pyridine rings is 1. The molecule has 0 spiro atoms. The molecule has 0 bridgehead atoms. The third kappa shape index (κ3) is 4.38. The molecule has 0 saturated heterocycles. The molecule has 0 atom stereocenters. The van der Waals surface area contributed by atoms with Gasteiger partial charge in [-0.15, -0.1) is 5.10 Å². The molecule has 1 fully saturated rings. The Labute approximate surface area is 183 Å². The summed E-state index contributed by atoms with van der Waals surface area (Å²) in [5.41, 5.74) is -5.40. The summed E-state index contributed by atoms with van der Waals surface area (Å²) in [4.78, 5) is 19.3. The molecule has 1 saturated carbocycles. The Morgan fingerprint density at radius 3 is 2.38 bits per heavy atom. The number of anilines is 2. The lowest BCUT2D eigenvalue weighted by atomic mass is 10.00. The summed E-state index contributed by atoms with van der Waals surface area (Å²) < 4.78 is 110. The van der Waals surface area contributed by atoms with Crippen molar-refractivity contribution in [2.24, 2.45) is 0 Å². The van der Waals surface area contributed by atoms with Crippen LogP contribution in [0.5, 0.6) is 5.88 Å². The van der Waals surface area contributed by atoms with Crippen LogP contribution < -0.4 is 15.4 Å². The third-order valence-corrected chi connectivity index (χ3v) is 4.97. The predicted molar refractivity (Wildman–Crippen MR) is 98.5 cm³/mol. The zero-order valence-electron chi connectivity index (χ0n) is 16.5. The van der Waals surface area contributed by atoms with E-state index in [1.165, 1.54) is 0 Å². The highest BCUT2D eigenvalue weighted by Gasteiger charge is 2.66. The average Bonchev–Trinajstić information content (AvgIpc) is 3.42. The Hall–Kier alpha value is -3.72. The molecule has 34 heavy (non-hydrogen) atoms. The highest BCUT2D eigenvalue weighted by molar-refractivity contribution is 6.00. The first-order valence-corrected chi connectivity index (χ1v) is 9.32. The van der Waals surface area contributed by atoms with E-state index in [4.69, 9.17) is 0 Å². The minimum Gasteiger partial charge on any atom is -0.415 e. The summed E-state index contributed by atoms with van der Waals surface area (Å²) in [6.07, 6.45) is -8.70. The van der Waals surface area contributed by atoms with Gasteiger partial charge in [-0.2, -0.15) is 35.1 Å². The van der Waals surface area contributed by atoms with Crippen molar-refractivity contribution in [3.63, 3.8) is 0 Å². The monoisotopic (exact) mass is 496 g/mol. The van der Waals surface area contributed by atoms with E-state index in [9.17, 15) is 39.9 Å². The standard InChI is InChI=1S/C18H12F8N6O2/c19-14(20)34-12-6-11-28-7-9(13(32(11)31-12)16(2-3-16)18(24,25)26)30-15(33)29-8-1-4-27-10(5-8)17(21,22)23/h1,4-7,14H,2-3H2,(H2,27,29,30,33). The summed E-state index contributed by atoms with van der Waals surface area (Å²) in [6, 6.07) is 1.27. The number of rotatable bonds is 5. The number of urea groups is 1. The Morgan fingerprint density at radius 1 is 1.09 bits per heavy atom. The number of alkyl halides is 8. The van der Waals surface area contributed by atoms with Gasteiger partial charge in [0.1, 0.15) is 11.1 Å². The lowest BCUT2D eigenvalue weighted by Gasteiger charge is -2.23. The Morgan fingerprint density at radius 2 is 1.79 bits per heavy atom. The molecule has 1 aliphatic carbocycles. The number of nitrogens with one attached hydrogen (secondary N) is 2. The number of fused-ring (bicyclic) bond motifs is 1. The van der Waals surface area contributed by atoms with Crippen LogP contribution in [-0.4, -0.2) is 38.4 Å². The van der Waals surface area contributed by atoms with Crippen molar-refractivity contribution in [3.05, 3.63) is 42.0 Å². The van der Waals surface area contributed by atoms with E-state index in [2.05, 4.69) is 30.4 Å². The van der Waals surface area contributed by atoms with Gasteiger partial charge in [-0.3, -0.25) is 4.98 Å². The first-order chi connectivity index (χ1) is 15.8. The van der Waals surface area contributed by atoms with Gasteiger partial charge in [0.15, 0.2) is 5.65 Å². The summed E-state index contributed by atoms with van der Waals surface area (Å²) >= 11 is 0. The second kappa shape index (κ2) is 7.95. The van der Waals surface area contributed by atoms with Crippen LogP contribution in [0, 0.1) is 0 Å². The molecular formula is C18H12F8N6O2. The molecule has 0 radical (unpaired) electrons. The number of hydrogen-bond acceptors (Lipinski definition) is 5. The summed E-state index contributed by atoms with van der Waals surface area (Å²) in [5.74, 6) is -0.695. The van der Waals surface area contributed by atoms with Crippen LogP contribution in [0.4, 0.5) is 51.3 Å². The normalized spacial score (nSPS) is 15.4. The van der Waals surface area contributed by atoms with Crippen LogP contribution in [-0.2, 0) is 11.6 Å². The molecule has 0 aliphatic heterocycles. The van der Waals surface area contributed by atoms with Crippen LogP contribution in [0.2, 0.25) is 0 Å². The van der Waals surface area contributed by atoms with E-state index in [0.717, 1.165) is 24.5 Å². The number of ether oxygens (including phenoxy) is 1. The van der Waals surface area contributed by atoms with Crippen molar-refractivity contribution in [3.8, 4) is 5.88 Å². The number of carbonyl (C=O) groups is 1. The highest BCUT2D eigenvalue weighted by atomic mass is 19.4. The van der Waals surface area contributed by atoms with Crippen molar-refractivity contribution in [2.75, 3.05) is 10.6 Å². The van der Waals surface area contributed by atoms with Gasteiger partial charge in [0.2, 0.25) is 5.88 Å². The van der Waals surface area contributed by atoms with Crippen LogP contribution in [0.15, 0.2) is 30.6 Å². The molecule has 3 aromatic heterocycles. The fraction of sp³-hybridized carbons (Fsp3) is 0.333. The number of halogens is 8. The number of hydrogen-bond donors (Lipinski definition) is 2. The Balaban J connectivity index is 1.70. The zero-order valence-corrected chi connectivity index (χ0v) is 16.5. The van der Waals surface area contributed by atoms with Crippen molar-refractivity contribution in [2.45, 2.75) is 37.2 Å². The molecular weight excluding hydrogens is 484 g/mol. The zero-order chi connectivity index (χ0) is 24.9. The van der Waals surface area contributed by atoms with Crippen LogP contribution >= 0.6 is 0 Å². The first-order valence-electron chi connectivity index (χ1n) is 9.32. The molecule has 1 aliphatic rings. The molecule has 2 N–H and O–H groups in total. The second-order valence-electron chi connectivity index (χ2n) is 7.24. The second-order valence-corrected chi connectivity index (χ2v) is 7.24. The van der Waals surface area contributed by atoms with Crippen LogP contribution in [0.25, 0.3) is 5.65 Å². The number of carbonyl (C=O) groups excluding carboxylic acids is 1. The highest BCUT2D eigenvalue weighted by Crippen LogP contribution is 2.60. The van der Waals surface area contributed by atoms with Crippen LogP contribution in [0.3, 0.4) is 0 Å². The molecule has 3 aromatic rings. The Kier molecular flexibility index (Phi) is 5.48. The van der Waals surface area contributed by atoms with Gasteiger partial charge in [0, 0.05) is 18.0 Å². The van der Waals surface area contributed by atoms with Crippen molar-refractivity contribution in [1.82, 2.24) is 19.6 Å². The molecule has 16 heteroatoms. The minimum absolute atomic E-state index is 0.254. The Bertz CT molecular complexity index is 1240. The van der Waals surface area contributed by atoms with Crippen LogP contribution in [0.1, 0.15) is 24.2 Å². The van der Waals surface area contributed by atoms with E-state index in [-0.39, 0.29) is 24.2 Å². The van der Waals surface area contributed by atoms with Gasteiger partial charge in [-0.05, 0) is 25.0 Å². The predicted octanol–water partition coefficient (Wildman–Crippen LogP) is 4.98. The van der Waals surface area contributed by atoms with E-state index in [1.807, 2.05) is 0 Å². The van der Waals surface area contributed by atoms with Crippen molar-refractivity contribution >= 4 is 23.1 Å². The molecule has 8 nitrogen and oxygen atoms in total. The van der Waals surface area contributed by atoms with Gasteiger partial charge in [-0.25, -0.2) is 14.3 Å². The summed E-state index contributed by atoms with van der Waals surface area (Å²) in [6.45, 7) is -3.30. The third-order valence-electron chi connectivity index (χ3n) is 4.97. The van der Waals surface area contributed by atoms with Crippen molar-refractivity contribution < 1.29 is 44.7 Å². The molecule has 4 rings (SSSR count). The van der Waals surface area contributed by atoms with Gasteiger partial charge < -0.3 is 15.4 Å². The lowest BCUT2D eigenvalue weighted by Crippen LogP contribution is -2.33. The molecule has 182 valence electrons. The number of aromatic nitrogens is 4. The maximum Gasteiger partial charge on any atom is 0.433 e. The van der Waals surface area contributed by atoms with Crippen molar-refractivity contribution in [1.29, 1.82) is 0 Å². The van der Waals surface area contributed by atoms with Gasteiger partial charge >= 0.3 is 25.0 Å². The molecule has 3 heterocycles. The van der Waals surface area contributed by atoms with Gasteiger partial charge in [0.05, 0.1) is 17.6 Å². The summed E-state index contributed by atoms with van der Waals surface area (Å²) in [7, 11) is 0. The SMILES string of the molecule is O=C(Nc1ccnc(C(F)(F)F)c1)Nc1cnc2cc(OC(F)F)nn2c1C1(C(F)(F)F)CC1. The largest absolute Gasteiger partial charge is 0.433 e. The summed E-state index contributed by atoms with van der Waals surface area (Å²) in [5, 5.41) is 7.79. The van der Waals surface area contributed by atoms with E-state index in [0.29, 0.717) is 10.6 Å². The maximum absolute atomic E-state index is 13.9. The molecule has 0 unspecified atom stereocenters. The first kappa shape index (κ1) is 23.4. The van der Waals surface area contributed by atoms with E-state index >= 15 is 0 Å². The average molecular weight is 496 g/mol. The lowest BCUT2D eigenvalue weighted by molar-refractivity contribution is -0.161. The quantitative estimate of drug-likeness (QED) is 0.486. The number of amides is 2.